The Morgan fingerprint density at radius 3 is 2.84 bits per heavy atom. The summed E-state index contributed by atoms with van der Waals surface area (Å²) >= 11 is 1.73. The number of hydrogen-bond acceptors (Lipinski definition) is 4. The van der Waals surface area contributed by atoms with Gasteiger partial charge in [0.2, 0.25) is 10.0 Å². The molecule has 0 bridgehead atoms. The molecule has 7 heteroatoms. The highest BCUT2D eigenvalue weighted by Gasteiger charge is 2.36. The minimum absolute atomic E-state index is 0.0809. The van der Waals surface area contributed by atoms with Crippen molar-refractivity contribution >= 4 is 21.8 Å². The summed E-state index contributed by atoms with van der Waals surface area (Å²) in [5.41, 5.74) is 0. The first kappa shape index (κ1) is 14.9. The van der Waals surface area contributed by atoms with Crippen LogP contribution >= 0.6 is 11.8 Å². The Labute approximate surface area is 119 Å². The summed E-state index contributed by atoms with van der Waals surface area (Å²) in [5.74, 6) is 0.877. The van der Waals surface area contributed by atoms with Gasteiger partial charge in [-0.2, -0.15) is 9.40 Å². The van der Waals surface area contributed by atoms with E-state index in [-0.39, 0.29) is 11.4 Å². The second-order valence-corrected chi connectivity index (χ2v) is 8.16. The molecule has 0 saturated carbocycles. The van der Waals surface area contributed by atoms with Crippen LogP contribution in [0, 0.1) is 0 Å². The van der Waals surface area contributed by atoms with E-state index in [1.165, 1.54) is 6.20 Å². The third-order valence-corrected chi connectivity index (χ3v) is 6.48. The lowest BCUT2D eigenvalue weighted by Crippen LogP contribution is -2.34. The molecule has 0 N–H and O–H groups in total. The van der Waals surface area contributed by atoms with Crippen LogP contribution in [-0.4, -0.2) is 40.2 Å². The van der Waals surface area contributed by atoms with E-state index in [9.17, 15) is 8.42 Å². The van der Waals surface area contributed by atoms with Crippen LogP contribution in [0.2, 0.25) is 0 Å². The monoisotopic (exact) mass is 303 g/mol. The van der Waals surface area contributed by atoms with Gasteiger partial charge in [0.1, 0.15) is 4.90 Å². The van der Waals surface area contributed by atoms with Crippen LogP contribution in [0.25, 0.3) is 0 Å². The van der Waals surface area contributed by atoms with Gasteiger partial charge < -0.3 is 0 Å². The predicted molar refractivity (Wildman–Crippen MR) is 77.7 cm³/mol. The fourth-order valence-electron chi connectivity index (χ4n) is 2.13. The van der Waals surface area contributed by atoms with Crippen LogP contribution in [0.1, 0.15) is 39.7 Å². The summed E-state index contributed by atoms with van der Waals surface area (Å²) in [6.45, 7) is 6.65. The fourth-order valence-corrected chi connectivity index (χ4v) is 5.45. The van der Waals surface area contributed by atoms with E-state index in [2.05, 4.69) is 12.0 Å². The average molecular weight is 303 g/mol. The Kier molecular flexibility index (Phi) is 4.58. The second kappa shape index (κ2) is 5.85. The predicted octanol–water partition coefficient (Wildman–Crippen LogP) is 2.33. The molecule has 108 valence electrons. The van der Waals surface area contributed by atoms with E-state index in [4.69, 9.17) is 0 Å². The number of rotatable bonds is 5. The molecule has 0 unspecified atom stereocenters. The molecule has 2 heterocycles. The molecule has 2 rings (SSSR count). The SMILES string of the molecule is CCC[C@H]1SCCN1S(=O)(=O)c1cnn(C(C)C)c1. The maximum atomic E-state index is 12.6. The van der Waals surface area contributed by atoms with Crippen LogP contribution in [-0.2, 0) is 10.0 Å². The van der Waals surface area contributed by atoms with Crippen molar-refractivity contribution in [2.75, 3.05) is 12.3 Å². The van der Waals surface area contributed by atoms with Crippen molar-refractivity contribution in [2.45, 2.75) is 49.9 Å². The van der Waals surface area contributed by atoms with Gasteiger partial charge in [0.25, 0.3) is 0 Å². The highest BCUT2D eigenvalue weighted by molar-refractivity contribution is 8.01. The molecule has 1 aliphatic heterocycles. The van der Waals surface area contributed by atoms with Crippen molar-refractivity contribution in [3.63, 3.8) is 0 Å². The summed E-state index contributed by atoms with van der Waals surface area (Å²) in [5, 5.41) is 4.21. The molecule has 0 spiro atoms. The smallest absolute Gasteiger partial charge is 0.247 e. The van der Waals surface area contributed by atoms with Gasteiger partial charge in [0, 0.05) is 24.5 Å². The molecular weight excluding hydrogens is 282 g/mol. The number of nitrogens with zero attached hydrogens (tertiary/aromatic N) is 3. The number of aromatic nitrogens is 2. The van der Waals surface area contributed by atoms with Gasteiger partial charge in [-0.3, -0.25) is 4.68 Å². The van der Waals surface area contributed by atoms with Crippen molar-refractivity contribution in [1.82, 2.24) is 14.1 Å². The Balaban J connectivity index is 2.25. The molecule has 1 aromatic rings. The Morgan fingerprint density at radius 2 is 2.26 bits per heavy atom. The van der Waals surface area contributed by atoms with Crippen molar-refractivity contribution < 1.29 is 8.42 Å². The van der Waals surface area contributed by atoms with Gasteiger partial charge in [0.15, 0.2) is 0 Å². The summed E-state index contributed by atoms with van der Waals surface area (Å²) < 4.78 is 28.5. The lowest BCUT2D eigenvalue weighted by atomic mass is 10.3. The van der Waals surface area contributed by atoms with E-state index >= 15 is 0 Å². The zero-order chi connectivity index (χ0) is 14.0. The first-order chi connectivity index (χ1) is 8.96. The average Bonchev–Trinajstić information content (AvgIpc) is 2.97. The topological polar surface area (TPSA) is 55.2 Å². The van der Waals surface area contributed by atoms with Crippen LogP contribution < -0.4 is 0 Å². The largest absolute Gasteiger partial charge is 0.269 e. The van der Waals surface area contributed by atoms with Crippen LogP contribution in [0.5, 0.6) is 0 Å². The molecule has 0 aliphatic carbocycles. The van der Waals surface area contributed by atoms with Crippen molar-refractivity contribution in [2.24, 2.45) is 0 Å². The second-order valence-electron chi connectivity index (χ2n) is 4.98. The first-order valence-electron chi connectivity index (χ1n) is 6.64. The lowest BCUT2D eigenvalue weighted by Gasteiger charge is -2.21. The molecule has 1 fully saturated rings. The van der Waals surface area contributed by atoms with Crippen molar-refractivity contribution in [1.29, 1.82) is 0 Å². The van der Waals surface area contributed by atoms with E-state index in [0.29, 0.717) is 11.4 Å². The van der Waals surface area contributed by atoms with Gasteiger partial charge in [0.05, 0.1) is 11.6 Å². The minimum Gasteiger partial charge on any atom is -0.269 e. The van der Waals surface area contributed by atoms with E-state index in [0.717, 1.165) is 18.6 Å². The molecule has 1 atom stereocenters. The zero-order valence-corrected chi connectivity index (χ0v) is 13.2. The Bertz CT molecular complexity index is 525. The number of thioether (sulfide) groups is 1. The molecule has 19 heavy (non-hydrogen) atoms. The summed E-state index contributed by atoms with van der Waals surface area (Å²) in [6, 6.07) is 0.170. The van der Waals surface area contributed by atoms with Gasteiger partial charge >= 0.3 is 0 Å². The fraction of sp³-hybridized carbons (Fsp3) is 0.750. The van der Waals surface area contributed by atoms with Crippen molar-refractivity contribution in [3.8, 4) is 0 Å². The number of hydrogen-bond donors (Lipinski definition) is 0. The standard InChI is InChI=1S/C12H21N3O2S2/c1-4-5-12-15(6-7-18-12)19(16,17)11-8-13-14(9-11)10(2)3/h8-10,12H,4-7H2,1-3H3/t12-/m1/s1. The minimum atomic E-state index is -3.39. The van der Waals surface area contributed by atoms with E-state index in [1.807, 2.05) is 13.8 Å². The Morgan fingerprint density at radius 1 is 1.53 bits per heavy atom. The van der Waals surface area contributed by atoms with E-state index in [1.54, 1.807) is 26.9 Å². The highest BCUT2D eigenvalue weighted by atomic mass is 32.2. The maximum Gasteiger partial charge on any atom is 0.247 e. The normalized spacial score (nSPS) is 21.4. The quantitative estimate of drug-likeness (QED) is 0.838. The summed E-state index contributed by atoms with van der Waals surface area (Å²) in [7, 11) is -3.39. The highest BCUT2D eigenvalue weighted by Crippen LogP contribution is 2.32. The molecular formula is C12H21N3O2S2. The molecule has 0 amide bonds. The summed E-state index contributed by atoms with van der Waals surface area (Å²) in [4.78, 5) is 0.310. The van der Waals surface area contributed by atoms with Gasteiger partial charge in [-0.05, 0) is 20.3 Å². The van der Waals surface area contributed by atoms with Gasteiger partial charge in [-0.15, -0.1) is 11.8 Å². The van der Waals surface area contributed by atoms with Gasteiger partial charge in [-0.1, -0.05) is 13.3 Å². The molecule has 1 aliphatic rings. The molecule has 0 aromatic carbocycles. The third kappa shape index (κ3) is 2.98. The van der Waals surface area contributed by atoms with Crippen LogP contribution in [0.4, 0.5) is 0 Å². The van der Waals surface area contributed by atoms with Crippen LogP contribution in [0.3, 0.4) is 0 Å². The number of sulfonamides is 1. The van der Waals surface area contributed by atoms with Gasteiger partial charge in [-0.25, -0.2) is 8.42 Å². The van der Waals surface area contributed by atoms with E-state index < -0.39 is 10.0 Å². The third-order valence-electron chi connectivity index (χ3n) is 3.19. The van der Waals surface area contributed by atoms with Crippen molar-refractivity contribution in [3.05, 3.63) is 12.4 Å². The zero-order valence-electron chi connectivity index (χ0n) is 11.6. The molecule has 0 radical (unpaired) electrons. The molecule has 1 aromatic heterocycles. The first-order valence-corrected chi connectivity index (χ1v) is 9.13. The van der Waals surface area contributed by atoms with Crippen LogP contribution in [0.15, 0.2) is 17.3 Å². The summed E-state index contributed by atoms with van der Waals surface area (Å²) in [6.07, 6.45) is 4.99. The molecule has 5 nitrogen and oxygen atoms in total. The maximum absolute atomic E-state index is 12.6. The molecule has 1 saturated heterocycles. The lowest BCUT2D eigenvalue weighted by molar-refractivity contribution is 0.411. The Hall–Kier alpha value is -0.530.